The third kappa shape index (κ3) is 5.40. The van der Waals surface area contributed by atoms with Crippen molar-refractivity contribution in [3.8, 4) is 16.3 Å². The molecule has 0 radical (unpaired) electrons. The highest BCUT2D eigenvalue weighted by atomic mass is 32.2. The van der Waals surface area contributed by atoms with Crippen molar-refractivity contribution < 1.29 is 4.74 Å². The van der Waals surface area contributed by atoms with Crippen LogP contribution in [0, 0.1) is 6.92 Å². The van der Waals surface area contributed by atoms with Gasteiger partial charge >= 0.3 is 0 Å². The maximum atomic E-state index is 5.93. The first-order chi connectivity index (χ1) is 15.3. The minimum atomic E-state index is 0.131. The molecule has 2 heterocycles. The third-order valence-corrected chi connectivity index (χ3v) is 7.21. The van der Waals surface area contributed by atoms with Crippen molar-refractivity contribution in [3.05, 3.63) is 76.6 Å². The molecule has 2 aromatic heterocycles. The van der Waals surface area contributed by atoms with Crippen LogP contribution in [0.5, 0.6) is 5.75 Å². The van der Waals surface area contributed by atoms with Gasteiger partial charge in [0.1, 0.15) is 17.4 Å². The van der Waals surface area contributed by atoms with E-state index in [4.69, 9.17) is 9.72 Å². The van der Waals surface area contributed by atoms with Crippen LogP contribution >= 0.6 is 23.1 Å². The molecule has 2 aromatic carbocycles. The Labute approximate surface area is 197 Å². The van der Waals surface area contributed by atoms with Gasteiger partial charge in [-0.05, 0) is 30.0 Å². The number of ether oxygens (including phenoxy) is 1. The van der Waals surface area contributed by atoms with Crippen LogP contribution in [0.3, 0.4) is 0 Å². The Bertz CT molecular complexity index is 1170. The minimum absolute atomic E-state index is 0.131. The summed E-state index contributed by atoms with van der Waals surface area (Å²) < 4.78 is 7.92. The van der Waals surface area contributed by atoms with Gasteiger partial charge in [0.05, 0.1) is 5.69 Å². The van der Waals surface area contributed by atoms with E-state index < -0.39 is 0 Å². The molecule has 166 valence electrons. The fourth-order valence-electron chi connectivity index (χ4n) is 3.14. The first kappa shape index (κ1) is 22.6. The average molecular weight is 465 g/mol. The molecule has 0 fully saturated rings. The Balaban J connectivity index is 1.34. The topological polar surface area (TPSA) is 52.8 Å². The summed E-state index contributed by atoms with van der Waals surface area (Å²) in [5.74, 6) is 2.39. The highest BCUT2D eigenvalue weighted by molar-refractivity contribution is 7.98. The van der Waals surface area contributed by atoms with E-state index in [1.165, 1.54) is 11.1 Å². The van der Waals surface area contributed by atoms with Crippen LogP contribution in [-0.4, -0.2) is 19.7 Å². The normalized spacial score (nSPS) is 11.7. The molecule has 0 saturated carbocycles. The Morgan fingerprint density at radius 2 is 1.72 bits per heavy atom. The molecule has 0 atom stereocenters. The number of aromatic nitrogens is 4. The van der Waals surface area contributed by atoms with E-state index in [2.05, 4.69) is 79.7 Å². The number of hydrogen-bond donors (Lipinski definition) is 0. The summed E-state index contributed by atoms with van der Waals surface area (Å²) in [7, 11) is 1.97. The predicted molar refractivity (Wildman–Crippen MR) is 132 cm³/mol. The first-order valence-electron chi connectivity index (χ1n) is 10.6. The molecule has 0 aliphatic rings. The Morgan fingerprint density at radius 1 is 1.00 bits per heavy atom. The number of benzene rings is 2. The van der Waals surface area contributed by atoms with E-state index in [1.807, 2.05) is 23.7 Å². The van der Waals surface area contributed by atoms with Crippen molar-refractivity contribution in [1.82, 2.24) is 19.7 Å². The van der Waals surface area contributed by atoms with Gasteiger partial charge in [-0.1, -0.05) is 74.5 Å². The quantitative estimate of drug-likeness (QED) is 0.296. The smallest absolute Gasteiger partial charge is 0.191 e. The summed E-state index contributed by atoms with van der Waals surface area (Å²) in [5, 5.41) is 12.7. The number of nitrogens with zero attached hydrogens (tertiary/aromatic N) is 4. The van der Waals surface area contributed by atoms with Crippen LogP contribution in [-0.2, 0) is 24.8 Å². The van der Waals surface area contributed by atoms with Gasteiger partial charge in [0.15, 0.2) is 11.0 Å². The van der Waals surface area contributed by atoms with E-state index in [-0.39, 0.29) is 5.41 Å². The van der Waals surface area contributed by atoms with Crippen molar-refractivity contribution in [2.45, 2.75) is 50.6 Å². The van der Waals surface area contributed by atoms with Gasteiger partial charge in [-0.2, -0.15) is 0 Å². The van der Waals surface area contributed by atoms with Crippen LogP contribution in [0.25, 0.3) is 10.6 Å². The summed E-state index contributed by atoms with van der Waals surface area (Å²) in [5.41, 5.74) is 4.88. The molecule has 4 aromatic rings. The molecule has 0 aliphatic heterocycles. The maximum Gasteiger partial charge on any atom is 0.191 e. The molecule has 0 amide bonds. The largest absolute Gasteiger partial charge is 0.486 e. The van der Waals surface area contributed by atoms with Crippen molar-refractivity contribution in [3.63, 3.8) is 0 Å². The van der Waals surface area contributed by atoms with Crippen LogP contribution in [0.1, 0.15) is 43.4 Å². The molecule has 0 saturated heterocycles. The van der Waals surface area contributed by atoms with Crippen molar-refractivity contribution in [1.29, 1.82) is 0 Å². The van der Waals surface area contributed by atoms with Crippen LogP contribution in [0.2, 0.25) is 0 Å². The lowest BCUT2D eigenvalue weighted by Gasteiger charge is -2.19. The third-order valence-electron chi connectivity index (χ3n) is 5.21. The molecule has 0 unspecified atom stereocenters. The zero-order valence-electron chi connectivity index (χ0n) is 19.1. The summed E-state index contributed by atoms with van der Waals surface area (Å²) in [6.45, 7) is 9.09. The number of thioether (sulfide) groups is 1. The van der Waals surface area contributed by atoms with Crippen molar-refractivity contribution >= 4 is 23.1 Å². The van der Waals surface area contributed by atoms with Gasteiger partial charge in [-0.15, -0.1) is 21.5 Å². The van der Waals surface area contributed by atoms with Gasteiger partial charge in [0.25, 0.3) is 0 Å². The Hall–Kier alpha value is -2.64. The molecule has 32 heavy (non-hydrogen) atoms. The summed E-state index contributed by atoms with van der Waals surface area (Å²) in [6, 6.07) is 16.7. The van der Waals surface area contributed by atoms with Gasteiger partial charge in [-0.3, -0.25) is 0 Å². The molecule has 4 rings (SSSR count). The second-order valence-electron chi connectivity index (χ2n) is 8.82. The Morgan fingerprint density at radius 3 is 2.41 bits per heavy atom. The monoisotopic (exact) mass is 464 g/mol. The van der Waals surface area contributed by atoms with E-state index in [1.54, 1.807) is 23.1 Å². The first-order valence-corrected chi connectivity index (χ1v) is 12.4. The summed E-state index contributed by atoms with van der Waals surface area (Å²) in [4.78, 5) is 4.78. The number of hydrogen-bond acceptors (Lipinski definition) is 6. The van der Waals surface area contributed by atoms with Crippen LogP contribution < -0.4 is 4.74 Å². The van der Waals surface area contributed by atoms with E-state index in [0.29, 0.717) is 6.61 Å². The standard InChI is InChI=1S/C25H28N4OS2/c1-17-6-8-18(9-7-17)23-26-20(15-31-23)16-32-24-28-27-22(29(24)5)14-30-21-12-10-19(11-13-21)25(2,3)4/h6-13,15H,14,16H2,1-5H3. The van der Waals surface area contributed by atoms with Gasteiger partial charge in [0.2, 0.25) is 0 Å². The lowest BCUT2D eigenvalue weighted by Crippen LogP contribution is -2.10. The molecule has 0 aliphatic carbocycles. The van der Waals surface area contributed by atoms with Crippen LogP contribution in [0.15, 0.2) is 59.1 Å². The minimum Gasteiger partial charge on any atom is -0.486 e. The lowest BCUT2D eigenvalue weighted by atomic mass is 9.87. The van der Waals surface area contributed by atoms with Gasteiger partial charge in [-0.25, -0.2) is 4.98 Å². The molecular formula is C25H28N4OS2. The zero-order valence-corrected chi connectivity index (χ0v) is 20.8. The maximum absolute atomic E-state index is 5.93. The van der Waals surface area contributed by atoms with E-state index in [9.17, 15) is 0 Å². The number of rotatable bonds is 7. The van der Waals surface area contributed by atoms with Crippen molar-refractivity contribution in [2.75, 3.05) is 0 Å². The summed E-state index contributed by atoms with van der Waals surface area (Å²) >= 11 is 3.31. The van der Waals surface area contributed by atoms with E-state index in [0.717, 1.165) is 38.7 Å². The molecular weight excluding hydrogens is 436 g/mol. The van der Waals surface area contributed by atoms with Gasteiger partial charge < -0.3 is 9.30 Å². The molecule has 7 heteroatoms. The fourth-order valence-corrected chi connectivity index (χ4v) is 4.89. The lowest BCUT2D eigenvalue weighted by molar-refractivity contribution is 0.290. The predicted octanol–water partition coefficient (Wildman–Crippen LogP) is 6.42. The number of aryl methyl sites for hydroxylation is 1. The highest BCUT2D eigenvalue weighted by Crippen LogP contribution is 2.28. The second-order valence-corrected chi connectivity index (χ2v) is 10.6. The molecule has 5 nitrogen and oxygen atoms in total. The highest BCUT2D eigenvalue weighted by Gasteiger charge is 2.14. The summed E-state index contributed by atoms with van der Waals surface area (Å²) in [6.07, 6.45) is 0. The van der Waals surface area contributed by atoms with Crippen molar-refractivity contribution in [2.24, 2.45) is 7.05 Å². The number of thiazole rings is 1. The second kappa shape index (κ2) is 9.46. The Kier molecular flexibility index (Phi) is 6.67. The van der Waals surface area contributed by atoms with Gasteiger partial charge in [0, 0.05) is 23.7 Å². The molecule has 0 N–H and O–H groups in total. The SMILES string of the molecule is Cc1ccc(-c2nc(CSc3nnc(COc4ccc(C(C)(C)C)cc4)n3C)cs2)cc1. The molecule has 0 bridgehead atoms. The average Bonchev–Trinajstić information content (AvgIpc) is 3.38. The zero-order chi connectivity index (χ0) is 22.7. The molecule has 0 spiro atoms. The van der Waals surface area contributed by atoms with E-state index >= 15 is 0 Å². The fraction of sp³-hybridized carbons (Fsp3) is 0.320. The van der Waals surface area contributed by atoms with Crippen LogP contribution in [0.4, 0.5) is 0 Å².